The topological polar surface area (TPSA) is 80.9 Å². The summed E-state index contributed by atoms with van der Waals surface area (Å²) in [5, 5.41) is 34.8. The Balaban J connectivity index is 0. The molecule has 4 nitrogen and oxygen atoms in total. The molecule has 0 radical (unpaired) electrons. The van der Waals surface area contributed by atoms with Crippen molar-refractivity contribution in [3.05, 3.63) is 0 Å². The molecular weight excluding hydrogens is 460 g/mol. The van der Waals surface area contributed by atoms with Gasteiger partial charge in [0.25, 0.3) is 0 Å². The van der Waals surface area contributed by atoms with Gasteiger partial charge in [-0.2, -0.15) is 0 Å². The van der Waals surface area contributed by atoms with Crippen LogP contribution in [-0.4, -0.2) is 33.0 Å². The zero-order chi connectivity index (χ0) is 27.7. The van der Waals surface area contributed by atoms with Crippen LogP contribution in [0.2, 0.25) is 0 Å². The van der Waals surface area contributed by atoms with Crippen LogP contribution < -0.4 is 0 Å². The van der Waals surface area contributed by atoms with Crippen LogP contribution in [0.1, 0.15) is 200 Å². The molecule has 0 saturated carbocycles. The third kappa shape index (κ3) is 43.2. The Morgan fingerprint density at radius 2 is 0.432 bits per heavy atom. The molecule has 0 rings (SSSR count). The third-order valence-corrected chi connectivity index (χ3v) is 7.38. The number of rotatable bonds is 29. The number of hydrogen-bond donors (Lipinski definition) is 4. The molecule has 0 saturated heterocycles. The van der Waals surface area contributed by atoms with Crippen molar-refractivity contribution in [2.75, 3.05) is 0 Å². The van der Waals surface area contributed by atoms with Gasteiger partial charge in [-0.25, -0.2) is 0 Å². The molecule has 0 aromatic carbocycles. The van der Waals surface area contributed by atoms with E-state index in [1.807, 2.05) is 0 Å². The minimum Gasteiger partial charge on any atom is -0.368 e. The molecule has 0 unspecified atom stereocenters. The molecule has 226 valence electrons. The van der Waals surface area contributed by atoms with Gasteiger partial charge >= 0.3 is 0 Å². The fourth-order valence-corrected chi connectivity index (χ4v) is 4.87. The molecule has 4 heteroatoms. The number of aliphatic hydroxyl groups is 4. The van der Waals surface area contributed by atoms with Crippen LogP contribution in [0.4, 0.5) is 0 Å². The van der Waals surface area contributed by atoms with E-state index in [-0.39, 0.29) is 0 Å². The van der Waals surface area contributed by atoms with Crippen molar-refractivity contribution < 1.29 is 20.4 Å². The maximum absolute atomic E-state index is 8.71. The first-order valence-electron chi connectivity index (χ1n) is 16.8. The maximum atomic E-state index is 8.71. The van der Waals surface area contributed by atoms with Crippen LogP contribution in [0, 0.1) is 0 Å². The second-order valence-electron chi connectivity index (χ2n) is 11.4. The first kappa shape index (κ1) is 39.0. The van der Waals surface area contributed by atoms with Gasteiger partial charge < -0.3 is 20.4 Å². The highest BCUT2D eigenvalue weighted by Gasteiger charge is 1.98. The minimum atomic E-state index is -1.10. The van der Waals surface area contributed by atoms with Crippen molar-refractivity contribution in [3.63, 3.8) is 0 Å². The lowest BCUT2D eigenvalue weighted by Gasteiger charge is -2.04. The summed E-state index contributed by atoms with van der Waals surface area (Å²) >= 11 is 0. The van der Waals surface area contributed by atoms with E-state index in [0.717, 1.165) is 25.7 Å². The summed E-state index contributed by atoms with van der Waals surface area (Å²) in [6, 6.07) is 0. The van der Waals surface area contributed by atoms with E-state index in [1.165, 1.54) is 148 Å². The molecule has 0 amide bonds. The molecule has 0 fully saturated rings. The van der Waals surface area contributed by atoms with Gasteiger partial charge in [0.05, 0.1) is 0 Å². The molecule has 0 aliphatic heterocycles. The Kier molecular flexibility index (Phi) is 37.8. The summed E-state index contributed by atoms with van der Waals surface area (Å²) in [5.74, 6) is 0. The third-order valence-electron chi connectivity index (χ3n) is 7.38. The smallest absolute Gasteiger partial charge is 0.151 e. The van der Waals surface area contributed by atoms with Crippen molar-refractivity contribution in [3.8, 4) is 0 Å². The largest absolute Gasteiger partial charge is 0.368 e. The Hall–Kier alpha value is -0.160. The van der Waals surface area contributed by atoms with E-state index in [2.05, 4.69) is 13.8 Å². The summed E-state index contributed by atoms with van der Waals surface area (Å²) in [6.45, 7) is 4.53. The van der Waals surface area contributed by atoms with Crippen LogP contribution in [0.3, 0.4) is 0 Å². The summed E-state index contributed by atoms with van der Waals surface area (Å²) < 4.78 is 0. The lowest BCUT2D eigenvalue weighted by atomic mass is 10.0. The molecule has 0 spiro atoms. The first-order chi connectivity index (χ1) is 18.0. The van der Waals surface area contributed by atoms with Crippen molar-refractivity contribution in [1.29, 1.82) is 0 Å². The van der Waals surface area contributed by atoms with Crippen molar-refractivity contribution in [2.45, 2.75) is 213 Å². The molecule has 0 heterocycles. The minimum absolute atomic E-state index is 0.539. The Labute approximate surface area is 233 Å². The Morgan fingerprint density at radius 3 is 0.595 bits per heavy atom. The normalized spacial score (nSPS) is 11.4. The lowest BCUT2D eigenvalue weighted by molar-refractivity contribution is -0.0472. The average molecular weight is 531 g/mol. The van der Waals surface area contributed by atoms with E-state index < -0.39 is 12.6 Å². The predicted octanol–water partition coefficient (Wildman–Crippen LogP) is 9.95. The summed E-state index contributed by atoms with van der Waals surface area (Å²) in [4.78, 5) is 0. The molecular formula is C33H70O4. The standard InChI is InChI=1S/C18H38O2.C15H32O2/c1-2-3-4-5-6-7-8-9-10-11-12-13-14-15-16-17-18(19)20;1-2-3-4-5-6-7-8-9-10-11-12-13-14-15(16)17/h18-20H,2-17H2,1H3;15-17H,2-14H2,1H3. The summed E-state index contributed by atoms with van der Waals surface area (Å²) in [5.41, 5.74) is 0. The van der Waals surface area contributed by atoms with E-state index in [9.17, 15) is 0 Å². The van der Waals surface area contributed by atoms with Crippen LogP contribution in [0.15, 0.2) is 0 Å². The van der Waals surface area contributed by atoms with Gasteiger partial charge in [-0.3, -0.25) is 0 Å². The average Bonchev–Trinajstić information content (AvgIpc) is 2.87. The van der Waals surface area contributed by atoms with Crippen LogP contribution >= 0.6 is 0 Å². The predicted molar refractivity (Wildman–Crippen MR) is 162 cm³/mol. The van der Waals surface area contributed by atoms with Crippen LogP contribution in [-0.2, 0) is 0 Å². The molecule has 4 N–H and O–H groups in total. The fourth-order valence-electron chi connectivity index (χ4n) is 4.87. The lowest BCUT2D eigenvalue weighted by Crippen LogP contribution is -2.02. The Morgan fingerprint density at radius 1 is 0.270 bits per heavy atom. The van der Waals surface area contributed by atoms with Crippen LogP contribution in [0.5, 0.6) is 0 Å². The van der Waals surface area contributed by atoms with Crippen molar-refractivity contribution in [2.24, 2.45) is 0 Å². The van der Waals surface area contributed by atoms with Crippen molar-refractivity contribution >= 4 is 0 Å². The molecule has 0 aromatic rings. The SMILES string of the molecule is CCCCCCCCCCCCCCC(O)O.CCCCCCCCCCCCCCCCCC(O)O. The number of aliphatic hydroxyl groups excluding tert-OH is 2. The summed E-state index contributed by atoms with van der Waals surface area (Å²) in [7, 11) is 0. The van der Waals surface area contributed by atoms with E-state index >= 15 is 0 Å². The van der Waals surface area contributed by atoms with Crippen LogP contribution in [0.25, 0.3) is 0 Å². The van der Waals surface area contributed by atoms with Gasteiger partial charge in [-0.15, -0.1) is 0 Å². The zero-order valence-corrected chi connectivity index (χ0v) is 25.4. The monoisotopic (exact) mass is 531 g/mol. The molecule has 0 aliphatic carbocycles. The fraction of sp³-hybridized carbons (Fsp3) is 1.00. The molecule has 37 heavy (non-hydrogen) atoms. The highest BCUT2D eigenvalue weighted by Crippen LogP contribution is 2.14. The van der Waals surface area contributed by atoms with E-state index in [4.69, 9.17) is 20.4 Å². The molecule has 0 atom stereocenters. The first-order valence-corrected chi connectivity index (χ1v) is 16.8. The maximum Gasteiger partial charge on any atom is 0.151 e. The van der Waals surface area contributed by atoms with Gasteiger partial charge in [0, 0.05) is 0 Å². The second-order valence-corrected chi connectivity index (χ2v) is 11.4. The molecule has 0 aliphatic rings. The van der Waals surface area contributed by atoms with E-state index in [1.54, 1.807) is 0 Å². The Bertz CT molecular complexity index is 373. The zero-order valence-electron chi connectivity index (χ0n) is 25.4. The summed E-state index contributed by atoms with van der Waals surface area (Å²) in [6.07, 6.45) is 34.9. The highest BCUT2D eigenvalue weighted by atomic mass is 16.5. The molecule has 0 bridgehead atoms. The van der Waals surface area contributed by atoms with Gasteiger partial charge in [-0.05, 0) is 25.7 Å². The van der Waals surface area contributed by atoms with Gasteiger partial charge in [0.1, 0.15) is 0 Å². The molecule has 0 aromatic heterocycles. The second kappa shape index (κ2) is 35.8. The highest BCUT2D eigenvalue weighted by molar-refractivity contribution is 4.51. The number of unbranched alkanes of at least 4 members (excludes halogenated alkanes) is 25. The van der Waals surface area contributed by atoms with Crippen molar-refractivity contribution in [1.82, 2.24) is 0 Å². The van der Waals surface area contributed by atoms with Gasteiger partial charge in [0.2, 0.25) is 0 Å². The van der Waals surface area contributed by atoms with Gasteiger partial charge in [-0.1, -0.05) is 174 Å². The quantitative estimate of drug-likeness (QED) is 0.0573. The number of hydrogen-bond acceptors (Lipinski definition) is 4. The van der Waals surface area contributed by atoms with Gasteiger partial charge in [0.15, 0.2) is 12.6 Å². The van der Waals surface area contributed by atoms with E-state index in [0.29, 0.717) is 12.8 Å².